The average Bonchev–Trinajstić information content (AvgIpc) is 2.54. The smallest absolute Gasteiger partial charge is 0.314 e. The van der Waals surface area contributed by atoms with Crippen molar-refractivity contribution in [2.24, 2.45) is 5.92 Å². The minimum atomic E-state index is -4.69. The molecule has 0 aromatic heterocycles. The van der Waals surface area contributed by atoms with E-state index in [4.69, 9.17) is 0 Å². The van der Waals surface area contributed by atoms with Gasteiger partial charge in [0.2, 0.25) is 0 Å². The Bertz CT molecular complexity index is 588. The summed E-state index contributed by atoms with van der Waals surface area (Å²) in [6, 6.07) is 1.10. The first-order valence-corrected chi connectivity index (χ1v) is 8.73. The Hall–Kier alpha value is -1.28. The van der Waals surface area contributed by atoms with Crippen LogP contribution in [0.3, 0.4) is 0 Å². The van der Waals surface area contributed by atoms with Gasteiger partial charge in [0, 0.05) is 32.2 Å². The lowest BCUT2D eigenvalue weighted by Crippen LogP contribution is -2.45. The first kappa shape index (κ1) is 21.0. The van der Waals surface area contributed by atoms with Crippen molar-refractivity contribution < 1.29 is 26.3 Å². The highest BCUT2D eigenvalue weighted by Gasteiger charge is 2.39. The van der Waals surface area contributed by atoms with Crippen molar-refractivity contribution >= 4 is 0 Å². The highest BCUT2D eigenvalue weighted by Crippen LogP contribution is 2.41. The minimum absolute atomic E-state index is 0.251. The molecule has 8 heteroatoms. The standard InChI is InChI=1S/C18H24F6N2/c1-12(2)3-6-16(26-9-7-25-8-10-26)14-11-13(17(19,20)21)4-5-15(14)18(22,23)24/h4-5,11-12,16,25H,3,6-10H2,1-2H3/t16-/m0/s1. The van der Waals surface area contributed by atoms with Crippen molar-refractivity contribution in [1.29, 1.82) is 0 Å². The fraction of sp³-hybridized carbons (Fsp3) is 0.667. The second kappa shape index (κ2) is 8.17. The summed E-state index contributed by atoms with van der Waals surface area (Å²) >= 11 is 0. The molecule has 148 valence electrons. The summed E-state index contributed by atoms with van der Waals surface area (Å²) in [5.41, 5.74) is -2.28. The Balaban J connectivity index is 2.51. The molecule has 1 fully saturated rings. The van der Waals surface area contributed by atoms with Crippen LogP contribution in [0, 0.1) is 5.92 Å². The van der Waals surface area contributed by atoms with Gasteiger partial charge in [-0.15, -0.1) is 0 Å². The molecule has 0 saturated carbocycles. The molecule has 0 bridgehead atoms. The van der Waals surface area contributed by atoms with E-state index in [0.717, 1.165) is 0 Å². The highest BCUT2D eigenvalue weighted by atomic mass is 19.4. The van der Waals surface area contributed by atoms with Crippen molar-refractivity contribution in [3.05, 3.63) is 34.9 Å². The van der Waals surface area contributed by atoms with Crippen molar-refractivity contribution in [2.45, 2.75) is 45.1 Å². The number of alkyl halides is 6. The summed E-state index contributed by atoms with van der Waals surface area (Å²) in [6.07, 6.45) is -8.33. The lowest BCUT2D eigenvalue weighted by Gasteiger charge is -2.37. The van der Waals surface area contributed by atoms with E-state index < -0.39 is 29.5 Å². The fourth-order valence-electron chi connectivity index (χ4n) is 3.29. The van der Waals surface area contributed by atoms with Gasteiger partial charge in [-0.25, -0.2) is 0 Å². The Labute approximate surface area is 149 Å². The molecular weight excluding hydrogens is 358 g/mol. The quantitative estimate of drug-likeness (QED) is 0.713. The number of hydrogen-bond acceptors (Lipinski definition) is 2. The summed E-state index contributed by atoms with van der Waals surface area (Å²) < 4.78 is 79.8. The lowest BCUT2D eigenvalue weighted by atomic mass is 9.90. The highest BCUT2D eigenvalue weighted by molar-refractivity contribution is 5.37. The number of nitrogens with one attached hydrogen (secondary N) is 1. The van der Waals surface area contributed by atoms with E-state index in [1.54, 1.807) is 0 Å². The summed E-state index contributed by atoms with van der Waals surface area (Å²) in [5, 5.41) is 3.12. The number of halogens is 6. The first-order chi connectivity index (χ1) is 12.0. The number of piperazine rings is 1. The maximum absolute atomic E-state index is 13.5. The Kier molecular flexibility index (Phi) is 6.60. The summed E-state index contributed by atoms with van der Waals surface area (Å²) in [7, 11) is 0. The van der Waals surface area contributed by atoms with Crippen LogP contribution in [0.4, 0.5) is 26.3 Å². The molecule has 1 N–H and O–H groups in total. The third kappa shape index (κ3) is 5.36. The Morgan fingerprint density at radius 3 is 2.08 bits per heavy atom. The van der Waals surface area contributed by atoms with Gasteiger partial charge in [0.15, 0.2) is 0 Å². The molecule has 1 atom stereocenters. The maximum Gasteiger partial charge on any atom is 0.416 e. The molecule has 1 heterocycles. The van der Waals surface area contributed by atoms with Crippen LogP contribution in [0.1, 0.15) is 49.4 Å². The number of benzene rings is 1. The molecule has 26 heavy (non-hydrogen) atoms. The second-order valence-electron chi connectivity index (χ2n) is 7.07. The average molecular weight is 382 g/mol. The molecule has 2 rings (SSSR count). The monoisotopic (exact) mass is 382 g/mol. The molecule has 1 aliphatic rings. The Morgan fingerprint density at radius 1 is 0.962 bits per heavy atom. The number of hydrogen-bond donors (Lipinski definition) is 1. The zero-order valence-electron chi connectivity index (χ0n) is 14.8. The van der Waals surface area contributed by atoms with E-state index in [0.29, 0.717) is 57.2 Å². The zero-order chi connectivity index (χ0) is 19.5. The minimum Gasteiger partial charge on any atom is -0.314 e. The topological polar surface area (TPSA) is 15.3 Å². The Morgan fingerprint density at radius 2 is 1.58 bits per heavy atom. The van der Waals surface area contributed by atoms with Gasteiger partial charge in [-0.2, -0.15) is 26.3 Å². The van der Waals surface area contributed by atoms with Gasteiger partial charge in [0.05, 0.1) is 11.1 Å². The lowest BCUT2D eigenvalue weighted by molar-refractivity contribution is -0.142. The summed E-state index contributed by atoms with van der Waals surface area (Å²) in [6.45, 7) is 6.14. The molecule has 1 aromatic rings. The van der Waals surface area contributed by atoms with Crippen LogP contribution in [0.5, 0.6) is 0 Å². The SMILES string of the molecule is CC(C)CC[C@@H](c1cc(C(F)(F)F)ccc1C(F)(F)F)N1CCNCC1. The molecule has 0 amide bonds. The normalized spacial score (nSPS) is 18.3. The van der Waals surface area contributed by atoms with Gasteiger partial charge in [-0.3, -0.25) is 4.90 Å². The van der Waals surface area contributed by atoms with Crippen LogP contribution in [-0.2, 0) is 12.4 Å². The van der Waals surface area contributed by atoms with E-state index in [9.17, 15) is 26.3 Å². The van der Waals surface area contributed by atoms with Gasteiger partial charge in [-0.05, 0) is 42.5 Å². The maximum atomic E-state index is 13.5. The van der Waals surface area contributed by atoms with Gasteiger partial charge < -0.3 is 5.32 Å². The van der Waals surface area contributed by atoms with Crippen LogP contribution in [0.25, 0.3) is 0 Å². The zero-order valence-corrected chi connectivity index (χ0v) is 14.8. The largest absolute Gasteiger partial charge is 0.416 e. The molecule has 1 aliphatic heterocycles. The van der Waals surface area contributed by atoms with Crippen LogP contribution in [0.2, 0.25) is 0 Å². The van der Waals surface area contributed by atoms with E-state index in [2.05, 4.69) is 5.32 Å². The van der Waals surface area contributed by atoms with Crippen LogP contribution in [0.15, 0.2) is 18.2 Å². The third-order valence-electron chi connectivity index (χ3n) is 4.65. The van der Waals surface area contributed by atoms with Crippen LogP contribution >= 0.6 is 0 Å². The van der Waals surface area contributed by atoms with Gasteiger partial charge >= 0.3 is 12.4 Å². The van der Waals surface area contributed by atoms with Crippen molar-refractivity contribution in [2.75, 3.05) is 26.2 Å². The van der Waals surface area contributed by atoms with E-state index in [-0.39, 0.29) is 11.5 Å². The molecule has 1 aromatic carbocycles. The molecule has 0 aliphatic carbocycles. The number of nitrogens with zero attached hydrogens (tertiary/aromatic N) is 1. The van der Waals surface area contributed by atoms with E-state index >= 15 is 0 Å². The van der Waals surface area contributed by atoms with E-state index in [1.165, 1.54) is 0 Å². The van der Waals surface area contributed by atoms with E-state index in [1.807, 2.05) is 18.7 Å². The van der Waals surface area contributed by atoms with Crippen LogP contribution in [-0.4, -0.2) is 31.1 Å². The number of rotatable bonds is 5. The van der Waals surface area contributed by atoms with Gasteiger partial charge in [0.25, 0.3) is 0 Å². The van der Waals surface area contributed by atoms with Gasteiger partial charge in [0.1, 0.15) is 0 Å². The molecule has 1 saturated heterocycles. The molecule has 0 spiro atoms. The molecule has 2 nitrogen and oxygen atoms in total. The molecular formula is C18H24F6N2. The summed E-state index contributed by atoms with van der Waals surface area (Å²) in [4.78, 5) is 1.86. The van der Waals surface area contributed by atoms with Crippen molar-refractivity contribution in [3.63, 3.8) is 0 Å². The third-order valence-corrected chi connectivity index (χ3v) is 4.65. The molecule has 0 unspecified atom stereocenters. The summed E-state index contributed by atoms with van der Waals surface area (Å²) in [5.74, 6) is 0.251. The first-order valence-electron chi connectivity index (χ1n) is 8.73. The van der Waals surface area contributed by atoms with Crippen LogP contribution < -0.4 is 5.32 Å². The van der Waals surface area contributed by atoms with Crippen molar-refractivity contribution in [3.8, 4) is 0 Å². The van der Waals surface area contributed by atoms with Crippen molar-refractivity contribution in [1.82, 2.24) is 10.2 Å². The predicted molar refractivity (Wildman–Crippen MR) is 87.7 cm³/mol. The molecule has 0 radical (unpaired) electrons. The predicted octanol–water partition coefficient (Wildman–Crippen LogP) is 5.11. The second-order valence-corrected chi connectivity index (χ2v) is 7.07. The van der Waals surface area contributed by atoms with Gasteiger partial charge in [-0.1, -0.05) is 13.8 Å². The fourth-order valence-corrected chi connectivity index (χ4v) is 3.29.